The fourth-order valence-corrected chi connectivity index (χ4v) is 5.73. The number of nitrogens with zero attached hydrogens (tertiary/aromatic N) is 1. The molecule has 0 bridgehead atoms. The Morgan fingerprint density at radius 3 is 2.28 bits per heavy atom. The molecule has 1 aliphatic heterocycles. The second-order valence-electron chi connectivity index (χ2n) is 9.50. The number of carboxylic acid groups (broad SMARTS) is 2. The van der Waals surface area contributed by atoms with Gasteiger partial charge in [-0.2, -0.15) is 0 Å². The molecule has 0 fully saturated rings. The van der Waals surface area contributed by atoms with E-state index >= 15 is 0 Å². The molecule has 194 valence electrons. The smallest absolute Gasteiger partial charge is 0.335 e. The van der Waals surface area contributed by atoms with Crippen LogP contribution in [0.25, 0.3) is 17.0 Å². The van der Waals surface area contributed by atoms with Gasteiger partial charge in [-0.15, -0.1) is 0 Å². The highest BCUT2D eigenvalue weighted by atomic mass is 35.5. The zero-order valence-corrected chi connectivity index (χ0v) is 21.5. The SMILES string of the molecule is O=C(O)c1cc(CN2c3ccc(Cl)cc3C(=O)C3=Cc4[nH]c5ccc(Cl)cc5c(=O)c4CC32)cc(C(=O)O)c1. The highest BCUT2D eigenvalue weighted by Crippen LogP contribution is 2.40. The number of aromatic nitrogens is 1. The number of ketones is 1. The molecular formula is C29H18Cl2N2O6. The number of carbonyl (C=O) groups excluding carboxylic acids is 1. The number of rotatable bonds is 4. The molecule has 2 heterocycles. The van der Waals surface area contributed by atoms with E-state index < -0.39 is 18.0 Å². The molecule has 2 aliphatic rings. The van der Waals surface area contributed by atoms with Gasteiger partial charge in [0.2, 0.25) is 0 Å². The zero-order chi connectivity index (χ0) is 27.6. The first-order valence-corrected chi connectivity index (χ1v) is 12.6. The van der Waals surface area contributed by atoms with E-state index in [4.69, 9.17) is 23.2 Å². The van der Waals surface area contributed by atoms with Gasteiger partial charge in [0, 0.05) is 62.0 Å². The molecule has 8 nitrogen and oxygen atoms in total. The van der Waals surface area contributed by atoms with E-state index in [1.165, 1.54) is 12.1 Å². The third-order valence-corrected chi connectivity index (χ3v) is 7.61. The molecule has 3 N–H and O–H groups in total. The predicted octanol–water partition coefficient (Wildman–Crippen LogP) is 5.44. The second kappa shape index (κ2) is 9.11. The van der Waals surface area contributed by atoms with Crippen molar-refractivity contribution >= 4 is 63.6 Å². The van der Waals surface area contributed by atoms with E-state index in [0.29, 0.717) is 54.6 Å². The number of carbonyl (C=O) groups is 3. The molecule has 39 heavy (non-hydrogen) atoms. The van der Waals surface area contributed by atoms with Gasteiger partial charge in [0.05, 0.1) is 17.2 Å². The average molecular weight is 561 g/mol. The van der Waals surface area contributed by atoms with Crippen molar-refractivity contribution in [2.24, 2.45) is 0 Å². The predicted molar refractivity (Wildman–Crippen MR) is 147 cm³/mol. The summed E-state index contributed by atoms with van der Waals surface area (Å²) in [5.41, 5.74) is 2.84. The summed E-state index contributed by atoms with van der Waals surface area (Å²) in [5, 5.41) is 20.3. The average Bonchev–Trinajstić information content (AvgIpc) is 2.91. The first-order chi connectivity index (χ1) is 18.6. The van der Waals surface area contributed by atoms with Crippen molar-refractivity contribution in [2.45, 2.75) is 19.0 Å². The number of benzene rings is 3. The van der Waals surface area contributed by atoms with Crippen LogP contribution in [0.4, 0.5) is 5.69 Å². The van der Waals surface area contributed by atoms with Crippen LogP contribution >= 0.6 is 23.2 Å². The number of pyridine rings is 1. The van der Waals surface area contributed by atoms with Gasteiger partial charge in [-0.3, -0.25) is 9.59 Å². The molecular weight excluding hydrogens is 543 g/mol. The number of aromatic amines is 1. The number of anilines is 1. The van der Waals surface area contributed by atoms with Crippen molar-refractivity contribution < 1.29 is 24.6 Å². The Morgan fingerprint density at radius 2 is 1.59 bits per heavy atom. The lowest BCUT2D eigenvalue weighted by atomic mass is 9.81. The Hall–Kier alpha value is -4.40. The first-order valence-electron chi connectivity index (χ1n) is 11.9. The van der Waals surface area contributed by atoms with Gasteiger partial charge in [0.15, 0.2) is 11.2 Å². The third kappa shape index (κ3) is 4.18. The Morgan fingerprint density at radius 1 is 0.923 bits per heavy atom. The van der Waals surface area contributed by atoms with Crippen LogP contribution < -0.4 is 10.3 Å². The third-order valence-electron chi connectivity index (χ3n) is 7.14. The van der Waals surface area contributed by atoms with Gasteiger partial charge < -0.3 is 20.1 Å². The Balaban J connectivity index is 1.54. The second-order valence-corrected chi connectivity index (χ2v) is 10.4. The van der Waals surface area contributed by atoms with Crippen molar-refractivity contribution in [2.75, 3.05) is 4.90 Å². The van der Waals surface area contributed by atoms with Crippen molar-refractivity contribution in [1.82, 2.24) is 4.98 Å². The van der Waals surface area contributed by atoms with Crippen LogP contribution in [-0.4, -0.2) is 39.0 Å². The summed E-state index contributed by atoms with van der Waals surface area (Å²) in [5.74, 6) is -2.75. The Bertz CT molecular complexity index is 1830. The van der Waals surface area contributed by atoms with E-state index in [-0.39, 0.29) is 35.3 Å². The van der Waals surface area contributed by atoms with Crippen molar-refractivity contribution in [1.29, 1.82) is 0 Å². The van der Waals surface area contributed by atoms with Crippen LogP contribution in [0.2, 0.25) is 10.0 Å². The number of fused-ring (bicyclic) bond motifs is 4. The molecule has 0 saturated carbocycles. The molecule has 1 atom stereocenters. The summed E-state index contributed by atoms with van der Waals surface area (Å²) in [7, 11) is 0. The minimum absolute atomic E-state index is 0.0813. The van der Waals surface area contributed by atoms with Gasteiger partial charge in [0.25, 0.3) is 0 Å². The lowest BCUT2D eigenvalue weighted by Gasteiger charge is -2.41. The Labute approximate surface area is 230 Å². The molecule has 1 aromatic heterocycles. The maximum Gasteiger partial charge on any atom is 0.335 e. The molecule has 0 amide bonds. The lowest BCUT2D eigenvalue weighted by molar-refractivity contribution is 0.0696. The first kappa shape index (κ1) is 24.9. The summed E-state index contributed by atoms with van der Waals surface area (Å²) >= 11 is 12.4. The summed E-state index contributed by atoms with van der Waals surface area (Å²) in [4.78, 5) is 55.7. The van der Waals surface area contributed by atoms with E-state index in [2.05, 4.69) is 4.98 Å². The molecule has 3 aromatic carbocycles. The zero-order valence-electron chi connectivity index (χ0n) is 20.0. The minimum Gasteiger partial charge on any atom is -0.478 e. The normalized spacial score (nSPS) is 15.8. The number of H-pyrrole nitrogens is 1. The number of hydrogen-bond donors (Lipinski definition) is 3. The van der Waals surface area contributed by atoms with Gasteiger partial charge in [-0.05, 0) is 66.2 Å². The highest BCUT2D eigenvalue weighted by molar-refractivity contribution is 6.32. The maximum atomic E-state index is 13.7. The molecule has 0 saturated heterocycles. The number of halogens is 2. The monoisotopic (exact) mass is 560 g/mol. The number of nitrogens with one attached hydrogen (secondary N) is 1. The molecule has 10 heteroatoms. The number of aromatic carboxylic acids is 2. The van der Waals surface area contributed by atoms with E-state index in [1.54, 1.807) is 42.5 Å². The minimum atomic E-state index is -1.26. The molecule has 4 aromatic rings. The fourth-order valence-electron chi connectivity index (χ4n) is 5.38. The Kier molecular flexibility index (Phi) is 5.82. The van der Waals surface area contributed by atoms with Crippen LogP contribution in [-0.2, 0) is 13.0 Å². The summed E-state index contributed by atoms with van der Waals surface area (Å²) in [6.07, 6.45) is 1.87. The molecule has 1 unspecified atom stereocenters. The summed E-state index contributed by atoms with van der Waals surface area (Å²) in [6, 6.07) is 13.2. The summed E-state index contributed by atoms with van der Waals surface area (Å²) in [6.45, 7) is 0.0813. The van der Waals surface area contributed by atoms with Crippen LogP contribution in [0.1, 0.15) is 47.9 Å². The fraction of sp³-hybridized carbons (Fsp3) is 0.103. The molecule has 0 spiro atoms. The topological polar surface area (TPSA) is 128 Å². The summed E-state index contributed by atoms with van der Waals surface area (Å²) < 4.78 is 0. The standard InChI is InChI=1S/C29H18Cl2N2O6/c30-16-1-3-22-18(8-16)26(34)19-11-25-21(10-23(19)32-22)27(35)20-9-17(31)2-4-24(20)33(25)12-13-5-14(28(36)37)7-15(6-13)29(38)39/h1-10,25H,11-12H2,(H,32,34)(H,36,37)(H,38,39). The number of hydrogen-bond acceptors (Lipinski definition) is 5. The highest BCUT2D eigenvalue weighted by Gasteiger charge is 2.39. The van der Waals surface area contributed by atoms with Crippen molar-refractivity contribution in [3.05, 3.63) is 114 Å². The van der Waals surface area contributed by atoms with Crippen LogP contribution in [0.5, 0.6) is 0 Å². The molecule has 1 aliphatic carbocycles. The van der Waals surface area contributed by atoms with Crippen LogP contribution in [0.3, 0.4) is 0 Å². The van der Waals surface area contributed by atoms with E-state index in [1.807, 2.05) is 4.90 Å². The van der Waals surface area contributed by atoms with Gasteiger partial charge in [0.1, 0.15) is 0 Å². The number of carboxylic acids is 2. The van der Waals surface area contributed by atoms with Gasteiger partial charge in [-0.1, -0.05) is 23.2 Å². The van der Waals surface area contributed by atoms with Gasteiger partial charge >= 0.3 is 11.9 Å². The van der Waals surface area contributed by atoms with Crippen LogP contribution in [0, 0.1) is 0 Å². The number of Topliss-reactive ketones (excluding diaryl/α,β-unsaturated/α-hetero) is 1. The maximum absolute atomic E-state index is 13.7. The largest absolute Gasteiger partial charge is 0.478 e. The van der Waals surface area contributed by atoms with Gasteiger partial charge in [-0.25, -0.2) is 9.59 Å². The van der Waals surface area contributed by atoms with Crippen molar-refractivity contribution in [3.63, 3.8) is 0 Å². The lowest BCUT2D eigenvalue weighted by Crippen LogP contribution is -2.46. The molecule has 6 rings (SSSR count). The van der Waals surface area contributed by atoms with Crippen LogP contribution in [0.15, 0.2) is 65.0 Å². The molecule has 0 radical (unpaired) electrons. The van der Waals surface area contributed by atoms with E-state index in [0.717, 1.165) is 6.07 Å². The van der Waals surface area contributed by atoms with E-state index in [9.17, 15) is 29.4 Å². The quantitative estimate of drug-likeness (QED) is 0.303. The van der Waals surface area contributed by atoms with Crippen molar-refractivity contribution in [3.8, 4) is 0 Å².